The normalized spacial score (nSPS) is 12.6. The fourth-order valence-electron chi connectivity index (χ4n) is 5.23. The summed E-state index contributed by atoms with van der Waals surface area (Å²) in [5.74, 6) is 2.34. The summed E-state index contributed by atoms with van der Waals surface area (Å²) in [6.45, 7) is 6.78. The number of benzene rings is 4. The lowest BCUT2D eigenvalue weighted by Crippen LogP contribution is -2.57. The summed E-state index contributed by atoms with van der Waals surface area (Å²) in [4.78, 5) is 7.14. The number of anilines is 4. The van der Waals surface area contributed by atoms with Gasteiger partial charge in [0, 0.05) is 35.4 Å². The van der Waals surface area contributed by atoms with Crippen LogP contribution in [0.2, 0.25) is 0 Å². The van der Waals surface area contributed by atoms with Gasteiger partial charge >= 0.3 is 0 Å². The van der Waals surface area contributed by atoms with Crippen molar-refractivity contribution < 1.29 is 4.74 Å². The number of hydrogen-bond acceptors (Lipinski definition) is 4. The van der Waals surface area contributed by atoms with Crippen LogP contribution in [0.5, 0.6) is 11.5 Å². The van der Waals surface area contributed by atoms with Gasteiger partial charge in [0.05, 0.1) is 0 Å². The van der Waals surface area contributed by atoms with Gasteiger partial charge in [-0.2, -0.15) is 0 Å². The molecule has 0 unspecified atom stereocenters. The Morgan fingerprint density at radius 2 is 1.45 bits per heavy atom. The molecule has 186 valence electrons. The zero-order valence-corrected chi connectivity index (χ0v) is 21.9. The van der Waals surface area contributed by atoms with Crippen LogP contribution in [0.3, 0.4) is 0 Å². The minimum atomic E-state index is 0.000593. The van der Waals surface area contributed by atoms with Crippen LogP contribution in [-0.2, 0) is 5.41 Å². The monoisotopic (exact) mass is 495 g/mol. The van der Waals surface area contributed by atoms with Crippen LogP contribution < -0.4 is 31.8 Å². The second kappa shape index (κ2) is 9.42. The molecule has 0 spiro atoms. The number of ether oxygens (including phenoxy) is 1. The Kier molecular flexibility index (Phi) is 5.92. The molecule has 0 fully saturated rings. The maximum Gasteiger partial charge on any atom is 0.246 e. The van der Waals surface area contributed by atoms with E-state index >= 15 is 0 Å². The number of rotatable bonds is 4. The highest BCUT2D eigenvalue weighted by Gasteiger charge is 2.36. The van der Waals surface area contributed by atoms with E-state index in [0.717, 1.165) is 22.9 Å². The lowest BCUT2D eigenvalue weighted by atomic mass is 9.35. The Labute approximate surface area is 224 Å². The summed E-state index contributed by atoms with van der Waals surface area (Å²) in [6, 6.07) is 37.5. The maximum absolute atomic E-state index is 6.29. The SMILES string of the molecule is CC(C)(C)c1ccnc(N2c3ccccc3B(c3ccccc3)c3ccc(Oc4cccc(N)c4)cc32)c1. The number of nitrogens with zero attached hydrogens (tertiary/aromatic N) is 2. The third kappa shape index (κ3) is 4.41. The fourth-order valence-corrected chi connectivity index (χ4v) is 5.23. The van der Waals surface area contributed by atoms with Crippen LogP contribution in [0.4, 0.5) is 22.9 Å². The summed E-state index contributed by atoms with van der Waals surface area (Å²) in [6.07, 6.45) is 1.91. The molecule has 4 nitrogen and oxygen atoms in total. The van der Waals surface area contributed by atoms with Crippen molar-refractivity contribution in [2.24, 2.45) is 0 Å². The molecule has 38 heavy (non-hydrogen) atoms. The highest BCUT2D eigenvalue weighted by atomic mass is 16.5. The van der Waals surface area contributed by atoms with E-state index < -0.39 is 0 Å². The van der Waals surface area contributed by atoms with Crippen LogP contribution in [-0.4, -0.2) is 11.7 Å². The van der Waals surface area contributed by atoms with E-state index in [-0.39, 0.29) is 12.1 Å². The zero-order chi connectivity index (χ0) is 26.3. The van der Waals surface area contributed by atoms with Crippen molar-refractivity contribution >= 4 is 46.0 Å². The van der Waals surface area contributed by atoms with E-state index in [2.05, 4.69) is 105 Å². The highest BCUT2D eigenvalue weighted by molar-refractivity contribution is 6.98. The molecule has 5 heteroatoms. The Bertz CT molecular complexity index is 1610. The summed E-state index contributed by atoms with van der Waals surface area (Å²) in [5.41, 5.74) is 13.8. The predicted molar refractivity (Wildman–Crippen MR) is 160 cm³/mol. The first kappa shape index (κ1) is 23.9. The number of hydrogen-bond donors (Lipinski definition) is 1. The Balaban J connectivity index is 1.56. The summed E-state index contributed by atoms with van der Waals surface area (Å²) in [5, 5.41) is 0. The molecule has 1 aliphatic heterocycles. The molecular formula is C33H30BN3O. The molecule has 4 aromatic carbocycles. The second-order valence-corrected chi connectivity index (χ2v) is 10.8. The molecule has 0 atom stereocenters. The molecule has 0 bridgehead atoms. The van der Waals surface area contributed by atoms with Gasteiger partial charge in [0.2, 0.25) is 6.71 Å². The number of nitrogens with two attached hydrogens (primary N) is 1. The predicted octanol–water partition coefficient (Wildman–Crippen LogP) is 6.05. The molecule has 2 heterocycles. The van der Waals surface area contributed by atoms with E-state index in [0.29, 0.717) is 11.4 Å². The lowest BCUT2D eigenvalue weighted by Gasteiger charge is -2.37. The van der Waals surface area contributed by atoms with E-state index in [1.54, 1.807) is 0 Å². The van der Waals surface area contributed by atoms with Gasteiger partial charge in [-0.3, -0.25) is 4.90 Å². The van der Waals surface area contributed by atoms with Gasteiger partial charge < -0.3 is 10.5 Å². The zero-order valence-electron chi connectivity index (χ0n) is 21.9. The number of fused-ring (bicyclic) bond motifs is 2. The Hall–Kier alpha value is -4.51. The van der Waals surface area contributed by atoms with Crippen molar-refractivity contribution in [2.75, 3.05) is 10.6 Å². The molecule has 0 saturated carbocycles. The van der Waals surface area contributed by atoms with Crippen LogP contribution >= 0.6 is 0 Å². The van der Waals surface area contributed by atoms with Gasteiger partial charge in [0.1, 0.15) is 17.3 Å². The molecular weight excluding hydrogens is 465 g/mol. The first-order chi connectivity index (χ1) is 18.4. The quantitative estimate of drug-likeness (QED) is 0.239. The lowest BCUT2D eigenvalue weighted by molar-refractivity contribution is 0.483. The molecule has 0 aliphatic carbocycles. The van der Waals surface area contributed by atoms with E-state index in [9.17, 15) is 0 Å². The third-order valence-electron chi connectivity index (χ3n) is 7.11. The summed E-state index contributed by atoms with van der Waals surface area (Å²) >= 11 is 0. The van der Waals surface area contributed by atoms with Crippen molar-refractivity contribution in [2.45, 2.75) is 26.2 Å². The molecule has 5 aromatic rings. The van der Waals surface area contributed by atoms with Crippen LogP contribution in [0.1, 0.15) is 26.3 Å². The van der Waals surface area contributed by atoms with E-state index in [4.69, 9.17) is 15.5 Å². The largest absolute Gasteiger partial charge is 0.457 e. The number of aromatic nitrogens is 1. The Morgan fingerprint density at radius 3 is 2.24 bits per heavy atom. The standard InChI is InChI=1S/C33H30BN3O/c1-33(2,3)23-18-19-36-32(20-23)37-30-15-8-7-14-28(30)34(24-10-5-4-6-11-24)29-17-16-27(22-31(29)37)38-26-13-9-12-25(35)21-26/h4-22H,35H2,1-3H3. The minimum absolute atomic E-state index is 0.000593. The van der Waals surface area contributed by atoms with Crippen molar-refractivity contribution in [3.8, 4) is 11.5 Å². The highest BCUT2D eigenvalue weighted by Crippen LogP contribution is 2.38. The topological polar surface area (TPSA) is 51.4 Å². The first-order valence-electron chi connectivity index (χ1n) is 13.0. The molecule has 6 rings (SSSR count). The van der Waals surface area contributed by atoms with Gasteiger partial charge in [0.15, 0.2) is 0 Å². The second-order valence-electron chi connectivity index (χ2n) is 10.8. The van der Waals surface area contributed by atoms with Gasteiger partial charge in [-0.15, -0.1) is 0 Å². The average Bonchev–Trinajstić information content (AvgIpc) is 2.92. The van der Waals surface area contributed by atoms with Gasteiger partial charge in [0.25, 0.3) is 0 Å². The molecule has 2 N–H and O–H groups in total. The number of nitrogen functional groups attached to an aromatic ring is 1. The van der Waals surface area contributed by atoms with Gasteiger partial charge in [-0.05, 0) is 58.3 Å². The maximum atomic E-state index is 6.29. The average molecular weight is 495 g/mol. The van der Waals surface area contributed by atoms with Crippen LogP contribution in [0, 0.1) is 0 Å². The van der Waals surface area contributed by atoms with Crippen molar-refractivity contribution in [1.29, 1.82) is 0 Å². The van der Waals surface area contributed by atoms with E-state index in [1.165, 1.54) is 22.0 Å². The number of para-hydroxylation sites is 1. The molecule has 0 amide bonds. The smallest absolute Gasteiger partial charge is 0.246 e. The third-order valence-corrected chi connectivity index (χ3v) is 7.11. The molecule has 1 aromatic heterocycles. The van der Waals surface area contributed by atoms with Gasteiger partial charge in [-0.25, -0.2) is 4.98 Å². The summed E-state index contributed by atoms with van der Waals surface area (Å²) in [7, 11) is 0. The minimum Gasteiger partial charge on any atom is -0.457 e. The van der Waals surface area contributed by atoms with Gasteiger partial charge in [-0.1, -0.05) is 86.9 Å². The van der Waals surface area contributed by atoms with Crippen LogP contribution in [0.25, 0.3) is 0 Å². The van der Waals surface area contributed by atoms with Crippen molar-refractivity contribution in [1.82, 2.24) is 4.98 Å². The van der Waals surface area contributed by atoms with Crippen molar-refractivity contribution in [3.05, 3.63) is 121 Å². The molecule has 0 radical (unpaired) electrons. The van der Waals surface area contributed by atoms with E-state index in [1.807, 2.05) is 36.5 Å². The number of pyridine rings is 1. The fraction of sp³-hybridized carbons (Fsp3) is 0.121. The molecule has 0 saturated heterocycles. The first-order valence-corrected chi connectivity index (χ1v) is 13.0. The Morgan fingerprint density at radius 1 is 0.711 bits per heavy atom. The van der Waals surface area contributed by atoms with Crippen LogP contribution in [0.15, 0.2) is 115 Å². The van der Waals surface area contributed by atoms with Crippen molar-refractivity contribution in [3.63, 3.8) is 0 Å². The molecule has 1 aliphatic rings. The summed E-state index contributed by atoms with van der Waals surface area (Å²) < 4.78 is 6.29.